The Kier molecular flexibility index (Phi) is 5.69. The average Bonchev–Trinajstić information content (AvgIpc) is 2.26. The minimum atomic E-state index is -0.336. The smallest absolute Gasteiger partial charge is 0.166 e. The van der Waals surface area contributed by atoms with Crippen LogP contribution in [0.25, 0.3) is 0 Å². The fourth-order valence-electron chi connectivity index (χ4n) is 1.47. The molecule has 0 aliphatic heterocycles. The number of aromatic nitrogens is 1. The van der Waals surface area contributed by atoms with Crippen molar-refractivity contribution in [3.63, 3.8) is 0 Å². The molecule has 1 heterocycles. The third-order valence-corrected chi connectivity index (χ3v) is 2.95. The highest BCUT2D eigenvalue weighted by Crippen LogP contribution is 2.17. The fourth-order valence-corrected chi connectivity index (χ4v) is 1.78. The summed E-state index contributed by atoms with van der Waals surface area (Å²) in [5, 5.41) is 3.01. The Labute approximate surface area is 104 Å². The molecule has 0 bridgehead atoms. The molecule has 5 heteroatoms. The van der Waals surface area contributed by atoms with Crippen LogP contribution in [0.15, 0.2) is 16.7 Å². The third kappa shape index (κ3) is 4.06. The molecule has 0 aliphatic rings. The number of halogens is 2. The van der Waals surface area contributed by atoms with Gasteiger partial charge in [0.25, 0.3) is 0 Å². The van der Waals surface area contributed by atoms with E-state index in [4.69, 9.17) is 5.73 Å². The van der Waals surface area contributed by atoms with E-state index >= 15 is 0 Å². The Bertz CT molecular complexity index is 333. The second-order valence-electron chi connectivity index (χ2n) is 3.72. The Hall–Kier alpha value is -0.680. The van der Waals surface area contributed by atoms with Gasteiger partial charge in [0, 0.05) is 17.2 Å². The first kappa shape index (κ1) is 13.4. The summed E-state index contributed by atoms with van der Waals surface area (Å²) in [6.07, 6.45) is 3.55. The number of hydrogen-bond acceptors (Lipinski definition) is 3. The predicted molar refractivity (Wildman–Crippen MR) is 67.8 cm³/mol. The second-order valence-corrected chi connectivity index (χ2v) is 4.63. The Morgan fingerprint density at radius 3 is 2.94 bits per heavy atom. The molecule has 3 N–H and O–H groups in total. The molecule has 3 nitrogen and oxygen atoms in total. The van der Waals surface area contributed by atoms with E-state index in [-0.39, 0.29) is 5.82 Å². The SMILES string of the molecule is CCC(CCN)CNc1ncc(Br)cc1F. The molecular formula is C11H17BrFN3. The Morgan fingerprint density at radius 1 is 1.62 bits per heavy atom. The molecule has 1 atom stereocenters. The average molecular weight is 290 g/mol. The predicted octanol–water partition coefficient (Wildman–Crippen LogP) is 2.77. The highest BCUT2D eigenvalue weighted by atomic mass is 79.9. The lowest BCUT2D eigenvalue weighted by Crippen LogP contribution is -2.18. The van der Waals surface area contributed by atoms with Crippen molar-refractivity contribution in [1.82, 2.24) is 4.98 Å². The molecule has 0 fully saturated rings. The topological polar surface area (TPSA) is 50.9 Å². The zero-order valence-corrected chi connectivity index (χ0v) is 10.9. The largest absolute Gasteiger partial charge is 0.367 e. The van der Waals surface area contributed by atoms with Gasteiger partial charge in [-0.05, 0) is 40.9 Å². The maximum atomic E-state index is 13.4. The molecule has 90 valence electrons. The highest BCUT2D eigenvalue weighted by molar-refractivity contribution is 9.10. The van der Waals surface area contributed by atoms with Gasteiger partial charge in [0.05, 0.1) is 0 Å². The van der Waals surface area contributed by atoms with Gasteiger partial charge in [-0.2, -0.15) is 0 Å². The first-order chi connectivity index (χ1) is 7.67. The van der Waals surface area contributed by atoms with Crippen molar-refractivity contribution in [2.45, 2.75) is 19.8 Å². The van der Waals surface area contributed by atoms with Crippen LogP contribution in [0.2, 0.25) is 0 Å². The molecule has 0 amide bonds. The fraction of sp³-hybridized carbons (Fsp3) is 0.545. The van der Waals surface area contributed by atoms with Crippen LogP contribution in [0.5, 0.6) is 0 Å². The lowest BCUT2D eigenvalue weighted by Gasteiger charge is -2.15. The molecule has 0 spiro atoms. The molecule has 1 aromatic rings. The van der Waals surface area contributed by atoms with Gasteiger partial charge in [-0.25, -0.2) is 9.37 Å². The van der Waals surface area contributed by atoms with Gasteiger partial charge >= 0.3 is 0 Å². The molecule has 0 aliphatic carbocycles. The maximum absolute atomic E-state index is 13.4. The number of hydrogen-bond donors (Lipinski definition) is 2. The number of nitrogens with zero attached hydrogens (tertiary/aromatic N) is 1. The van der Waals surface area contributed by atoms with Gasteiger partial charge in [0.2, 0.25) is 0 Å². The van der Waals surface area contributed by atoms with Crippen molar-refractivity contribution >= 4 is 21.7 Å². The van der Waals surface area contributed by atoms with Crippen molar-refractivity contribution in [1.29, 1.82) is 0 Å². The summed E-state index contributed by atoms with van der Waals surface area (Å²) in [6.45, 7) is 3.48. The number of nitrogens with two attached hydrogens (primary N) is 1. The summed E-state index contributed by atoms with van der Waals surface area (Å²) >= 11 is 3.17. The molecule has 1 aromatic heterocycles. The van der Waals surface area contributed by atoms with Gasteiger partial charge in [0.15, 0.2) is 11.6 Å². The van der Waals surface area contributed by atoms with Crippen molar-refractivity contribution in [3.8, 4) is 0 Å². The van der Waals surface area contributed by atoms with Crippen molar-refractivity contribution in [3.05, 3.63) is 22.6 Å². The van der Waals surface area contributed by atoms with Gasteiger partial charge < -0.3 is 11.1 Å². The van der Waals surface area contributed by atoms with E-state index in [1.165, 1.54) is 6.07 Å². The van der Waals surface area contributed by atoms with Crippen molar-refractivity contribution < 1.29 is 4.39 Å². The molecule has 1 rings (SSSR count). The molecule has 0 radical (unpaired) electrons. The zero-order valence-electron chi connectivity index (χ0n) is 9.34. The quantitative estimate of drug-likeness (QED) is 0.847. The summed E-state index contributed by atoms with van der Waals surface area (Å²) in [5.74, 6) is 0.436. The number of pyridine rings is 1. The van der Waals surface area contributed by atoms with Gasteiger partial charge in [-0.15, -0.1) is 0 Å². The zero-order chi connectivity index (χ0) is 12.0. The Balaban J connectivity index is 2.53. The number of rotatable bonds is 6. The van der Waals surface area contributed by atoms with E-state index in [0.717, 1.165) is 12.8 Å². The number of nitrogens with one attached hydrogen (secondary N) is 1. The first-order valence-corrected chi connectivity index (χ1v) is 6.21. The van der Waals surface area contributed by atoms with Crippen molar-refractivity contribution in [2.24, 2.45) is 11.7 Å². The van der Waals surface area contributed by atoms with Crippen LogP contribution in [0, 0.1) is 11.7 Å². The van der Waals surface area contributed by atoms with Gasteiger partial charge in [0.1, 0.15) is 0 Å². The van der Waals surface area contributed by atoms with E-state index in [1.807, 2.05) is 0 Å². The van der Waals surface area contributed by atoms with E-state index in [9.17, 15) is 4.39 Å². The van der Waals surface area contributed by atoms with E-state index < -0.39 is 0 Å². The van der Waals surface area contributed by atoms with Crippen LogP contribution in [-0.2, 0) is 0 Å². The summed E-state index contributed by atoms with van der Waals surface area (Å²) in [5.41, 5.74) is 5.50. The molecule has 16 heavy (non-hydrogen) atoms. The minimum absolute atomic E-state index is 0.304. The van der Waals surface area contributed by atoms with Crippen LogP contribution in [0.4, 0.5) is 10.2 Å². The highest BCUT2D eigenvalue weighted by Gasteiger charge is 2.08. The minimum Gasteiger partial charge on any atom is -0.367 e. The summed E-state index contributed by atoms with van der Waals surface area (Å²) in [6, 6.07) is 1.40. The van der Waals surface area contributed by atoms with E-state index in [1.54, 1.807) is 6.20 Å². The summed E-state index contributed by atoms with van der Waals surface area (Å²) in [4.78, 5) is 3.98. The standard InChI is InChI=1S/C11H17BrFN3/c1-2-8(3-4-14)6-15-11-10(13)5-9(12)7-16-11/h5,7-8H,2-4,6,14H2,1H3,(H,15,16). The maximum Gasteiger partial charge on any atom is 0.166 e. The van der Waals surface area contributed by atoms with Gasteiger partial charge in [-0.1, -0.05) is 13.3 Å². The second kappa shape index (κ2) is 6.81. The molecule has 0 aromatic carbocycles. The molecule has 0 saturated heterocycles. The normalized spacial score (nSPS) is 12.5. The Morgan fingerprint density at radius 2 is 2.38 bits per heavy atom. The molecule has 0 saturated carbocycles. The molecular weight excluding hydrogens is 273 g/mol. The lowest BCUT2D eigenvalue weighted by molar-refractivity contribution is 0.499. The van der Waals surface area contributed by atoms with Crippen LogP contribution in [0.3, 0.4) is 0 Å². The first-order valence-electron chi connectivity index (χ1n) is 5.42. The van der Waals surface area contributed by atoms with Crippen LogP contribution >= 0.6 is 15.9 Å². The summed E-state index contributed by atoms with van der Waals surface area (Å²) < 4.78 is 14.1. The monoisotopic (exact) mass is 289 g/mol. The van der Waals surface area contributed by atoms with Crippen molar-refractivity contribution in [2.75, 3.05) is 18.4 Å². The van der Waals surface area contributed by atoms with Crippen LogP contribution < -0.4 is 11.1 Å². The van der Waals surface area contributed by atoms with Crippen LogP contribution in [0.1, 0.15) is 19.8 Å². The summed E-state index contributed by atoms with van der Waals surface area (Å²) in [7, 11) is 0. The third-order valence-electron chi connectivity index (χ3n) is 2.52. The van der Waals surface area contributed by atoms with E-state index in [0.29, 0.717) is 29.3 Å². The molecule has 1 unspecified atom stereocenters. The van der Waals surface area contributed by atoms with Crippen LogP contribution in [-0.4, -0.2) is 18.1 Å². The van der Waals surface area contributed by atoms with Gasteiger partial charge in [-0.3, -0.25) is 0 Å². The van der Waals surface area contributed by atoms with E-state index in [2.05, 4.69) is 33.2 Å². The lowest BCUT2D eigenvalue weighted by atomic mass is 10.0. The number of anilines is 1.